The second kappa shape index (κ2) is 4.17. The van der Waals surface area contributed by atoms with Crippen LogP contribution in [-0.4, -0.2) is 10.8 Å². The zero-order valence-electron chi connectivity index (χ0n) is 8.81. The van der Waals surface area contributed by atoms with Crippen molar-refractivity contribution in [3.8, 4) is 0 Å². The van der Waals surface area contributed by atoms with Crippen molar-refractivity contribution in [3.63, 3.8) is 0 Å². The van der Waals surface area contributed by atoms with Crippen LogP contribution in [0, 0.1) is 0 Å². The minimum Gasteiger partial charge on any atom is -0.287 e. The summed E-state index contributed by atoms with van der Waals surface area (Å²) in [4.78, 5) is 17.4. The van der Waals surface area contributed by atoms with E-state index < -0.39 is 0 Å². The number of carbonyl (C=O) groups excluding carboxylic acids is 1. The molecule has 0 fully saturated rings. The molecule has 2 aromatic rings. The van der Waals surface area contributed by atoms with E-state index in [0.29, 0.717) is 16.3 Å². The summed E-state index contributed by atoms with van der Waals surface area (Å²) in [6, 6.07) is 9.16. The van der Waals surface area contributed by atoms with Gasteiger partial charge in [0.15, 0.2) is 0 Å². The first-order valence-corrected chi connectivity index (χ1v) is 6.53. The summed E-state index contributed by atoms with van der Waals surface area (Å²) in [6.45, 7) is 0. The molecule has 0 saturated carbocycles. The van der Waals surface area contributed by atoms with Gasteiger partial charge in [0.1, 0.15) is 5.69 Å². The quantitative estimate of drug-likeness (QED) is 0.726. The molecule has 0 unspecified atom stereocenters. The summed E-state index contributed by atoms with van der Waals surface area (Å²) in [5.41, 5.74) is 2.23. The standard InChI is InChI=1S/C13H8ClNOS/c14-9-3-4-10-11(6-9)17-7-8-2-1-5-15-12(8)13(10)16/h1-6H,7H2. The molecule has 1 aliphatic rings. The molecular weight excluding hydrogens is 254 g/mol. The van der Waals surface area contributed by atoms with Crippen LogP contribution >= 0.6 is 23.4 Å². The van der Waals surface area contributed by atoms with Crippen molar-refractivity contribution < 1.29 is 4.79 Å². The van der Waals surface area contributed by atoms with Crippen LogP contribution in [0.4, 0.5) is 0 Å². The van der Waals surface area contributed by atoms with Crippen molar-refractivity contribution in [1.29, 1.82) is 0 Å². The Morgan fingerprint density at radius 1 is 1.29 bits per heavy atom. The summed E-state index contributed by atoms with van der Waals surface area (Å²) in [5, 5.41) is 0.656. The van der Waals surface area contributed by atoms with E-state index in [4.69, 9.17) is 11.6 Å². The molecule has 2 heterocycles. The monoisotopic (exact) mass is 261 g/mol. The highest BCUT2D eigenvalue weighted by Crippen LogP contribution is 2.34. The van der Waals surface area contributed by atoms with Crippen LogP contribution in [0.5, 0.6) is 0 Å². The molecule has 0 N–H and O–H groups in total. The summed E-state index contributed by atoms with van der Waals surface area (Å²) in [5.74, 6) is 0.736. The van der Waals surface area contributed by atoms with Gasteiger partial charge in [0.05, 0.1) is 0 Å². The topological polar surface area (TPSA) is 30.0 Å². The highest BCUT2D eigenvalue weighted by molar-refractivity contribution is 7.98. The second-order valence-corrected chi connectivity index (χ2v) is 5.22. The number of halogens is 1. The number of hydrogen-bond acceptors (Lipinski definition) is 3. The van der Waals surface area contributed by atoms with Gasteiger partial charge >= 0.3 is 0 Å². The first-order valence-electron chi connectivity index (χ1n) is 5.16. The average molecular weight is 262 g/mol. The maximum absolute atomic E-state index is 12.3. The molecule has 1 aromatic heterocycles. The van der Waals surface area contributed by atoms with Crippen molar-refractivity contribution in [2.45, 2.75) is 10.6 Å². The van der Waals surface area contributed by atoms with Gasteiger partial charge in [-0.3, -0.25) is 9.78 Å². The van der Waals surface area contributed by atoms with Gasteiger partial charge in [0.2, 0.25) is 5.78 Å². The fourth-order valence-electron chi connectivity index (χ4n) is 1.85. The molecule has 0 amide bonds. The van der Waals surface area contributed by atoms with E-state index in [1.807, 2.05) is 18.2 Å². The van der Waals surface area contributed by atoms with E-state index in [0.717, 1.165) is 16.2 Å². The smallest absolute Gasteiger partial charge is 0.212 e. The van der Waals surface area contributed by atoms with Crippen LogP contribution in [0.1, 0.15) is 21.6 Å². The molecule has 84 valence electrons. The lowest BCUT2D eigenvalue weighted by Crippen LogP contribution is -2.06. The van der Waals surface area contributed by atoms with E-state index in [1.165, 1.54) is 0 Å². The summed E-state index contributed by atoms with van der Waals surface area (Å²) < 4.78 is 0. The molecule has 4 heteroatoms. The first kappa shape index (κ1) is 10.8. The number of thioether (sulfide) groups is 1. The fourth-order valence-corrected chi connectivity index (χ4v) is 3.15. The number of hydrogen-bond donors (Lipinski definition) is 0. The summed E-state index contributed by atoms with van der Waals surface area (Å²) in [7, 11) is 0. The molecule has 0 aliphatic carbocycles. The average Bonchev–Trinajstić information content (AvgIpc) is 2.48. The number of carbonyl (C=O) groups is 1. The number of fused-ring (bicyclic) bond motifs is 2. The van der Waals surface area contributed by atoms with Crippen molar-refractivity contribution >= 4 is 29.1 Å². The molecule has 17 heavy (non-hydrogen) atoms. The highest BCUT2D eigenvalue weighted by Gasteiger charge is 2.22. The van der Waals surface area contributed by atoms with Gasteiger partial charge in [0.25, 0.3) is 0 Å². The van der Waals surface area contributed by atoms with Crippen molar-refractivity contribution in [2.24, 2.45) is 0 Å². The van der Waals surface area contributed by atoms with Gasteiger partial charge in [-0.05, 0) is 29.8 Å². The Labute approximate surface area is 108 Å². The predicted octanol–water partition coefficient (Wildman–Crippen LogP) is 3.57. The lowest BCUT2D eigenvalue weighted by atomic mass is 10.0. The summed E-state index contributed by atoms with van der Waals surface area (Å²) in [6.07, 6.45) is 1.66. The van der Waals surface area contributed by atoms with Gasteiger partial charge in [0, 0.05) is 27.4 Å². The second-order valence-electron chi connectivity index (χ2n) is 3.77. The fraction of sp³-hybridized carbons (Fsp3) is 0.0769. The molecule has 3 rings (SSSR count). The molecule has 0 saturated heterocycles. The molecule has 1 aromatic carbocycles. The lowest BCUT2D eigenvalue weighted by Gasteiger charge is -2.03. The van der Waals surface area contributed by atoms with Crippen molar-refractivity contribution in [1.82, 2.24) is 4.98 Å². The number of aromatic nitrogens is 1. The Kier molecular flexibility index (Phi) is 2.65. The third kappa shape index (κ3) is 1.85. The Hall–Kier alpha value is -1.32. The maximum Gasteiger partial charge on any atom is 0.212 e. The van der Waals surface area contributed by atoms with Crippen LogP contribution in [-0.2, 0) is 5.75 Å². The molecule has 0 spiro atoms. The van der Waals surface area contributed by atoms with Gasteiger partial charge in [-0.1, -0.05) is 17.7 Å². The molecular formula is C13H8ClNOS. The van der Waals surface area contributed by atoms with Crippen molar-refractivity contribution in [2.75, 3.05) is 0 Å². The van der Waals surface area contributed by atoms with Crippen LogP contribution < -0.4 is 0 Å². The molecule has 0 radical (unpaired) electrons. The van der Waals surface area contributed by atoms with Gasteiger partial charge in [-0.15, -0.1) is 11.8 Å². The van der Waals surface area contributed by atoms with Gasteiger partial charge in [-0.25, -0.2) is 0 Å². The number of pyridine rings is 1. The van der Waals surface area contributed by atoms with E-state index in [-0.39, 0.29) is 5.78 Å². The highest BCUT2D eigenvalue weighted by atomic mass is 35.5. The third-order valence-electron chi connectivity index (χ3n) is 2.68. The maximum atomic E-state index is 12.3. The molecule has 0 bridgehead atoms. The van der Waals surface area contributed by atoms with Crippen molar-refractivity contribution in [3.05, 3.63) is 58.4 Å². The number of ketones is 1. The van der Waals surface area contributed by atoms with Crippen LogP contribution in [0.3, 0.4) is 0 Å². The number of nitrogens with zero attached hydrogens (tertiary/aromatic N) is 1. The normalized spacial score (nSPS) is 13.8. The van der Waals surface area contributed by atoms with Gasteiger partial charge in [-0.2, -0.15) is 0 Å². The molecule has 2 nitrogen and oxygen atoms in total. The largest absolute Gasteiger partial charge is 0.287 e. The predicted molar refractivity (Wildman–Crippen MR) is 68.7 cm³/mol. The number of benzene rings is 1. The van der Waals surface area contributed by atoms with Gasteiger partial charge < -0.3 is 0 Å². The Morgan fingerprint density at radius 2 is 2.18 bits per heavy atom. The van der Waals surface area contributed by atoms with E-state index in [9.17, 15) is 4.79 Å². The Balaban J connectivity index is 2.20. The Morgan fingerprint density at radius 3 is 3.06 bits per heavy atom. The van der Waals surface area contributed by atoms with Crippen LogP contribution in [0.15, 0.2) is 41.4 Å². The van der Waals surface area contributed by atoms with Crippen LogP contribution in [0.2, 0.25) is 5.02 Å². The van der Waals surface area contributed by atoms with E-state index >= 15 is 0 Å². The minimum atomic E-state index is -0.0164. The third-order valence-corrected chi connectivity index (χ3v) is 4.02. The summed E-state index contributed by atoms with van der Waals surface area (Å²) >= 11 is 7.57. The lowest BCUT2D eigenvalue weighted by molar-refractivity contribution is 0.103. The number of rotatable bonds is 0. The van der Waals surface area contributed by atoms with E-state index in [2.05, 4.69) is 4.98 Å². The Bertz CT molecular complexity index is 612. The zero-order valence-corrected chi connectivity index (χ0v) is 10.4. The van der Waals surface area contributed by atoms with Crippen LogP contribution in [0.25, 0.3) is 0 Å². The SMILES string of the molecule is O=C1c2ccc(Cl)cc2SCc2cccnc21. The first-order chi connectivity index (χ1) is 8.25. The molecule has 1 aliphatic heterocycles. The minimum absolute atomic E-state index is 0.0164. The molecule has 0 atom stereocenters. The zero-order chi connectivity index (χ0) is 11.8. The van der Waals surface area contributed by atoms with E-state index in [1.54, 1.807) is 30.1 Å².